The van der Waals surface area contributed by atoms with E-state index in [0.717, 1.165) is 11.1 Å². The lowest BCUT2D eigenvalue weighted by Crippen LogP contribution is -2.37. The van der Waals surface area contributed by atoms with Crippen molar-refractivity contribution in [2.45, 2.75) is 12.8 Å². The molecule has 0 saturated carbocycles. The van der Waals surface area contributed by atoms with Crippen LogP contribution in [-0.4, -0.2) is 37.7 Å². The third-order valence-corrected chi connectivity index (χ3v) is 4.80. The highest BCUT2D eigenvalue weighted by Gasteiger charge is 2.22. The van der Waals surface area contributed by atoms with Gasteiger partial charge in [0.15, 0.2) is 11.5 Å². The maximum absolute atomic E-state index is 12.9. The van der Waals surface area contributed by atoms with Gasteiger partial charge in [-0.15, -0.1) is 0 Å². The summed E-state index contributed by atoms with van der Waals surface area (Å²) < 4.78 is 10.3. The van der Waals surface area contributed by atoms with Crippen LogP contribution in [-0.2, 0) is 14.4 Å². The van der Waals surface area contributed by atoms with E-state index in [1.807, 2.05) is 60.7 Å². The second kappa shape index (κ2) is 12.0. The Morgan fingerprint density at radius 2 is 1.53 bits per heavy atom. The van der Waals surface area contributed by atoms with Crippen LogP contribution in [0.5, 0.6) is 11.5 Å². The summed E-state index contributed by atoms with van der Waals surface area (Å²) in [5, 5.41) is 6.59. The van der Waals surface area contributed by atoms with Gasteiger partial charge in [-0.3, -0.25) is 14.4 Å². The fourth-order valence-electron chi connectivity index (χ4n) is 3.28. The van der Waals surface area contributed by atoms with Crippen LogP contribution in [0.4, 0.5) is 0 Å². The van der Waals surface area contributed by atoms with Crippen LogP contribution in [0.3, 0.4) is 0 Å². The van der Waals surface area contributed by atoms with Gasteiger partial charge in [0.2, 0.25) is 5.91 Å². The van der Waals surface area contributed by atoms with Crippen molar-refractivity contribution in [3.63, 3.8) is 0 Å². The lowest BCUT2D eigenvalue weighted by atomic mass is 9.90. The van der Waals surface area contributed by atoms with E-state index in [1.54, 1.807) is 18.2 Å². The first-order chi connectivity index (χ1) is 16.5. The van der Waals surface area contributed by atoms with Crippen molar-refractivity contribution in [3.05, 3.63) is 95.6 Å². The first-order valence-electron chi connectivity index (χ1n) is 10.5. The summed E-state index contributed by atoms with van der Waals surface area (Å²) in [7, 11) is 1.45. The first kappa shape index (κ1) is 24.2. The third-order valence-electron chi connectivity index (χ3n) is 4.80. The largest absolute Gasteiger partial charge is 0.493 e. The van der Waals surface area contributed by atoms with Gasteiger partial charge in [0.25, 0.3) is 5.91 Å². The second-order valence-electron chi connectivity index (χ2n) is 7.27. The summed E-state index contributed by atoms with van der Waals surface area (Å²) in [6.45, 7) is 1.06. The molecule has 2 amide bonds. The zero-order chi connectivity index (χ0) is 24.3. The minimum absolute atomic E-state index is 0.235. The van der Waals surface area contributed by atoms with Crippen molar-refractivity contribution in [1.82, 2.24) is 10.7 Å². The predicted octanol–water partition coefficient (Wildman–Crippen LogP) is 3.02. The number of carbonyl (C=O) groups is 3. The average molecular weight is 460 g/mol. The predicted molar refractivity (Wildman–Crippen MR) is 128 cm³/mol. The maximum atomic E-state index is 12.9. The molecule has 0 saturated heterocycles. The zero-order valence-corrected chi connectivity index (χ0v) is 18.9. The first-order valence-corrected chi connectivity index (χ1v) is 10.5. The molecule has 34 heavy (non-hydrogen) atoms. The quantitative estimate of drug-likeness (QED) is 0.221. The van der Waals surface area contributed by atoms with Gasteiger partial charge in [0.1, 0.15) is 0 Å². The summed E-state index contributed by atoms with van der Waals surface area (Å²) in [6.07, 6.45) is 1.41. The summed E-state index contributed by atoms with van der Waals surface area (Å²) >= 11 is 0. The van der Waals surface area contributed by atoms with Gasteiger partial charge in [-0.1, -0.05) is 60.7 Å². The van der Waals surface area contributed by atoms with Gasteiger partial charge < -0.3 is 14.8 Å². The molecule has 3 aromatic carbocycles. The molecular weight excluding hydrogens is 434 g/mol. The topological polar surface area (TPSA) is 106 Å². The number of hydrogen-bond acceptors (Lipinski definition) is 6. The maximum Gasteiger partial charge on any atom is 0.308 e. The highest BCUT2D eigenvalue weighted by Crippen LogP contribution is 2.27. The number of rotatable bonds is 9. The molecule has 0 spiro atoms. The SMILES string of the molecule is COc1cc(/C=N\NC(=O)CNC(=O)C(c2ccccc2)c2ccccc2)ccc1OC(C)=O. The van der Waals surface area contributed by atoms with Gasteiger partial charge in [0.05, 0.1) is 25.8 Å². The Morgan fingerprint density at radius 3 is 2.09 bits per heavy atom. The Kier molecular flexibility index (Phi) is 8.51. The normalized spacial score (nSPS) is 10.7. The number of methoxy groups -OCH3 is 1. The van der Waals surface area contributed by atoms with Crippen molar-refractivity contribution in [2.24, 2.45) is 5.10 Å². The van der Waals surface area contributed by atoms with E-state index in [0.29, 0.717) is 11.3 Å². The Morgan fingerprint density at radius 1 is 0.912 bits per heavy atom. The number of benzene rings is 3. The summed E-state index contributed by atoms with van der Waals surface area (Å²) in [5.41, 5.74) is 4.65. The molecule has 0 atom stereocenters. The number of esters is 1. The molecule has 0 bridgehead atoms. The Bertz CT molecular complexity index is 1120. The van der Waals surface area contributed by atoms with Crippen molar-refractivity contribution < 1.29 is 23.9 Å². The molecule has 174 valence electrons. The van der Waals surface area contributed by atoms with Crippen molar-refractivity contribution >= 4 is 24.0 Å². The van der Waals surface area contributed by atoms with Crippen LogP contribution < -0.4 is 20.2 Å². The zero-order valence-electron chi connectivity index (χ0n) is 18.9. The average Bonchev–Trinajstić information content (AvgIpc) is 2.85. The van der Waals surface area contributed by atoms with Crippen LogP contribution >= 0.6 is 0 Å². The van der Waals surface area contributed by atoms with E-state index in [1.165, 1.54) is 20.2 Å². The van der Waals surface area contributed by atoms with Crippen molar-refractivity contribution in [3.8, 4) is 11.5 Å². The third kappa shape index (κ3) is 6.77. The van der Waals surface area contributed by atoms with Gasteiger partial charge in [-0.25, -0.2) is 5.43 Å². The summed E-state index contributed by atoms with van der Waals surface area (Å²) in [4.78, 5) is 36.3. The van der Waals surface area contributed by atoms with E-state index < -0.39 is 17.8 Å². The number of nitrogens with zero attached hydrogens (tertiary/aromatic N) is 1. The molecule has 0 aromatic heterocycles. The van der Waals surface area contributed by atoms with Gasteiger partial charge in [-0.05, 0) is 34.9 Å². The highest BCUT2D eigenvalue weighted by atomic mass is 16.6. The Balaban J connectivity index is 1.59. The van der Waals surface area contributed by atoms with E-state index in [-0.39, 0.29) is 18.2 Å². The second-order valence-corrected chi connectivity index (χ2v) is 7.27. The molecular formula is C26H25N3O5. The van der Waals surface area contributed by atoms with Gasteiger partial charge >= 0.3 is 5.97 Å². The summed E-state index contributed by atoms with van der Waals surface area (Å²) in [5.74, 6) is -1.14. The standard InChI is InChI=1S/C26H25N3O5/c1-18(30)34-22-14-13-19(15-23(22)33-2)16-28-29-24(31)17-27-26(32)25(20-9-5-3-6-10-20)21-11-7-4-8-12-21/h3-16,25H,17H2,1-2H3,(H,27,32)(H,29,31)/b28-16-. The molecule has 3 aromatic rings. The minimum atomic E-state index is -0.540. The molecule has 2 N–H and O–H groups in total. The molecule has 8 heteroatoms. The van der Waals surface area contributed by atoms with Crippen molar-refractivity contribution in [2.75, 3.05) is 13.7 Å². The Labute approximate surface area is 197 Å². The monoisotopic (exact) mass is 459 g/mol. The van der Waals surface area contributed by atoms with Crippen LogP contribution in [0.15, 0.2) is 84.0 Å². The molecule has 0 aliphatic carbocycles. The molecule has 3 rings (SSSR count). The molecule has 0 aliphatic heterocycles. The molecule has 0 unspecified atom stereocenters. The lowest BCUT2D eigenvalue weighted by Gasteiger charge is -2.17. The molecule has 0 fully saturated rings. The van der Waals surface area contributed by atoms with E-state index in [9.17, 15) is 14.4 Å². The van der Waals surface area contributed by atoms with E-state index in [4.69, 9.17) is 9.47 Å². The Hall–Kier alpha value is -4.46. The minimum Gasteiger partial charge on any atom is -0.493 e. The number of hydrazone groups is 1. The molecule has 0 aliphatic rings. The van der Waals surface area contributed by atoms with Crippen molar-refractivity contribution in [1.29, 1.82) is 0 Å². The fourth-order valence-corrected chi connectivity index (χ4v) is 3.28. The van der Waals surface area contributed by atoms with Crippen LogP contribution in [0.1, 0.15) is 29.5 Å². The number of carbonyl (C=O) groups excluding carboxylic acids is 3. The number of amides is 2. The summed E-state index contributed by atoms with van der Waals surface area (Å²) in [6, 6.07) is 23.6. The number of ether oxygens (including phenoxy) is 2. The molecule has 0 heterocycles. The van der Waals surface area contributed by atoms with Crippen LogP contribution in [0.25, 0.3) is 0 Å². The van der Waals surface area contributed by atoms with Gasteiger partial charge in [-0.2, -0.15) is 5.10 Å². The number of nitrogens with one attached hydrogen (secondary N) is 2. The highest BCUT2D eigenvalue weighted by molar-refractivity contribution is 5.91. The smallest absolute Gasteiger partial charge is 0.308 e. The van der Waals surface area contributed by atoms with Crippen LogP contribution in [0, 0.1) is 0 Å². The molecule has 0 radical (unpaired) electrons. The molecule has 8 nitrogen and oxygen atoms in total. The number of hydrogen-bond donors (Lipinski definition) is 2. The van der Waals surface area contributed by atoms with E-state index in [2.05, 4.69) is 15.8 Å². The lowest BCUT2D eigenvalue weighted by molar-refractivity contribution is -0.132. The fraction of sp³-hybridized carbons (Fsp3) is 0.154. The van der Waals surface area contributed by atoms with Crippen LogP contribution in [0.2, 0.25) is 0 Å². The van der Waals surface area contributed by atoms with E-state index >= 15 is 0 Å². The van der Waals surface area contributed by atoms with Gasteiger partial charge in [0, 0.05) is 6.92 Å².